The molecular weight excluding hydrogens is 282 g/mol. The summed E-state index contributed by atoms with van der Waals surface area (Å²) in [6.45, 7) is 6.04. The number of nitrogens with one attached hydrogen (secondary N) is 1. The van der Waals surface area contributed by atoms with Gasteiger partial charge in [0.25, 0.3) is 5.91 Å². The van der Waals surface area contributed by atoms with Crippen LogP contribution in [0, 0.1) is 12.8 Å². The zero-order valence-corrected chi connectivity index (χ0v) is 11.9. The summed E-state index contributed by atoms with van der Waals surface area (Å²) in [6, 6.07) is 5.53. The second-order valence-corrected chi connectivity index (χ2v) is 5.25. The number of hydrogen-bond acceptors (Lipinski definition) is 2. The van der Waals surface area contributed by atoms with E-state index in [0.717, 1.165) is 10.0 Å². The molecule has 0 aromatic heterocycles. The molecule has 94 valence electrons. The Morgan fingerprint density at radius 3 is 2.71 bits per heavy atom. The van der Waals surface area contributed by atoms with Gasteiger partial charge in [-0.2, -0.15) is 0 Å². The highest BCUT2D eigenvalue weighted by Crippen LogP contribution is 2.20. The van der Waals surface area contributed by atoms with Gasteiger partial charge in [-0.3, -0.25) is 4.79 Å². The average Bonchev–Trinajstić information content (AvgIpc) is 2.29. The summed E-state index contributed by atoms with van der Waals surface area (Å²) in [4.78, 5) is 11.9. The van der Waals surface area contributed by atoms with Crippen molar-refractivity contribution < 1.29 is 9.90 Å². The van der Waals surface area contributed by atoms with E-state index in [-0.39, 0.29) is 18.4 Å². The third-order valence-electron chi connectivity index (χ3n) is 2.68. The Kier molecular flexibility index (Phi) is 5.15. The van der Waals surface area contributed by atoms with Crippen molar-refractivity contribution in [1.29, 1.82) is 0 Å². The maximum Gasteiger partial charge on any atom is 0.252 e. The molecule has 0 saturated heterocycles. The maximum atomic E-state index is 11.9. The molecule has 1 unspecified atom stereocenters. The van der Waals surface area contributed by atoms with Crippen LogP contribution in [-0.2, 0) is 0 Å². The van der Waals surface area contributed by atoms with E-state index >= 15 is 0 Å². The van der Waals surface area contributed by atoms with Crippen LogP contribution < -0.4 is 5.32 Å². The van der Waals surface area contributed by atoms with Crippen molar-refractivity contribution >= 4 is 21.8 Å². The van der Waals surface area contributed by atoms with Crippen molar-refractivity contribution in [2.75, 3.05) is 6.54 Å². The summed E-state index contributed by atoms with van der Waals surface area (Å²) in [5, 5.41) is 12.3. The van der Waals surface area contributed by atoms with Crippen LogP contribution in [-0.4, -0.2) is 23.7 Å². The molecule has 0 aliphatic carbocycles. The standard InChI is InChI=1S/C13H18BrNO2/c1-8(2)11(16)7-15-13(17)10-6-4-5-9(3)12(10)14/h4-6,8,11,16H,7H2,1-3H3,(H,15,17). The molecule has 1 rings (SSSR count). The topological polar surface area (TPSA) is 49.3 Å². The molecule has 0 aliphatic rings. The van der Waals surface area contributed by atoms with E-state index in [2.05, 4.69) is 21.2 Å². The highest BCUT2D eigenvalue weighted by atomic mass is 79.9. The number of hydrogen-bond donors (Lipinski definition) is 2. The van der Waals surface area contributed by atoms with Crippen LogP contribution in [0.15, 0.2) is 22.7 Å². The second-order valence-electron chi connectivity index (χ2n) is 4.46. The molecule has 1 atom stereocenters. The van der Waals surface area contributed by atoms with Gasteiger partial charge in [-0.05, 0) is 40.4 Å². The summed E-state index contributed by atoms with van der Waals surface area (Å²) in [7, 11) is 0. The van der Waals surface area contributed by atoms with Gasteiger partial charge >= 0.3 is 0 Å². The first-order chi connectivity index (χ1) is 7.93. The van der Waals surface area contributed by atoms with Crippen LogP contribution >= 0.6 is 15.9 Å². The molecule has 0 radical (unpaired) electrons. The van der Waals surface area contributed by atoms with Gasteiger partial charge < -0.3 is 10.4 Å². The minimum atomic E-state index is -0.512. The predicted octanol–water partition coefficient (Wildman–Crippen LogP) is 2.50. The molecule has 4 heteroatoms. The Labute approximate surface area is 110 Å². The van der Waals surface area contributed by atoms with E-state index < -0.39 is 6.10 Å². The van der Waals surface area contributed by atoms with Crippen molar-refractivity contribution in [3.05, 3.63) is 33.8 Å². The normalized spacial score (nSPS) is 12.6. The number of aliphatic hydroxyl groups is 1. The van der Waals surface area contributed by atoms with Gasteiger partial charge in [0.05, 0.1) is 11.7 Å². The Bertz CT molecular complexity index is 404. The van der Waals surface area contributed by atoms with Gasteiger partial charge in [-0.15, -0.1) is 0 Å². The molecule has 0 spiro atoms. The van der Waals surface area contributed by atoms with E-state index in [1.165, 1.54) is 0 Å². The maximum absolute atomic E-state index is 11.9. The van der Waals surface area contributed by atoms with Crippen molar-refractivity contribution in [3.8, 4) is 0 Å². The highest BCUT2D eigenvalue weighted by molar-refractivity contribution is 9.10. The van der Waals surface area contributed by atoms with E-state index in [1.54, 1.807) is 6.07 Å². The fourth-order valence-electron chi connectivity index (χ4n) is 1.35. The molecule has 1 aromatic rings. The highest BCUT2D eigenvalue weighted by Gasteiger charge is 2.14. The Hall–Kier alpha value is -0.870. The number of carbonyl (C=O) groups excluding carboxylic acids is 1. The fourth-order valence-corrected chi connectivity index (χ4v) is 1.80. The van der Waals surface area contributed by atoms with E-state index in [0.29, 0.717) is 5.56 Å². The molecule has 1 aromatic carbocycles. The molecule has 0 heterocycles. The average molecular weight is 300 g/mol. The van der Waals surface area contributed by atoms with Crippen LogP contribution in [0.3, 0.4) is 0 Å². The molecule has 0 fully saturated rings. The van der Waals surface area contributed by atoms with Gasteiger partial charge in [-0.1, -0.05) is 26.0 Å². The van der Waals surface area contributed by atoms with Crippen molar-refractivity contribution in [2.45, 2.75) is 26.9 Å². The lowest BCUT2D eigenvalue weighted by atomic mass is 10.1. The third-order valence-corrected chi connectivity index (χ3v) is 3.73. The predicted molar refractivity (Wildman–Crippen MR) is 72.1 cm³/mol. The van der Waals surface area contributed by atoms with Crippen molar-refractivity contribution in [2.24, 2.45) is 5.92 Å². The Morgan fingerprint density at radius 2 is 2.12 bits per heavy atom. The molecule has 3 nitrogen and oxygen atoms in total. The number of benzene rings is 1. The number of aliphatic hydroxyl groups excluding tert-OH is 1. The first kappa shape index (κ1) is 14.2. The minimum absolute atomic E-state index is 0.135. The van der Waals surface area contributed by atoms with Crippen molar-refractivity contribution in [3.63, 3.8) is 0 Å². The Morgan fingerprint density at radius 1 is 1.47 bits per heavy atom. The number of halogens is 1. The zero-order valence-electron chi connectivity index (χ0n) is 10.3. The van der Waals surface area contributed by atoms with Crippen LogP contribution in [0.4, 0.5) is 0 Å². The molecule has 17 heavy (non-hydrogen) atoms. The third kappa shape index (κ3) is 3.82. The summed E-state index contributed by atoms with van der Waals surface area (Å²) in [6.07, 6.45) is -0.512. The van der Waals surface area contributed by atoms with Gasteiger partial charge in [0, 0.05) is 11.0 Å². The lowest BCUT2D eigenvalue weighted by Crippen LogP contribution is -2.34. The van der Waals surface area contributed by atoms with E-state index in [1.807, 2.05) is 32.9 Å². The molecule has 0 saturated carbocycles. The first-order valence-corrected chi connectivity index (χ1v) is 6.44. The van der Waals surface area contributed by atoms with E-state index in [9.17, 15) is 9.90 Å². The molecule has 1 amide bonds. The monoisotopic (exact) mass is 299 g/mol. The molecule has 0 aliphatic heterocycles. The van der Waals surface area contributed by atoms with Gasteiger partial charge in [0.1, 0.15) is 0 Å². The number of rotatable bonds is 4. The zero-order chi connectivity index (χ0) is 13.0. The minimum Gasteiger partial charge on any atom is -0.391 e. The summed E-state index contributed by atoms with van der Waals surface area (Å²) in [5.41, 5.74) is 1.61. The summed E-state index contributed by atoms with van der Waals surface area (Å²) in [5.74, 6) is -0.0310. The molecule has 0 bridgehead atoms. The smallest absolute Gasteiger partial charge is 0.252 e. The van der Waals surface area contributed by atoms with Crippen LogP contribution in [0.1, 0.15) is 29.8 Å². The lowest BCUT2D eigenvalue weighted by molar-refractivity contribution is 0.0871. The first-order valence-electron chi connectivity index (χ1n) is 5.65. The Balaban J connectivity index is 2.68. The molecular formula is C13H18BrNO2. The number of aryl methyl sites for hydroxylation is 1. The van der Waals surface area contributed by atoms with Crippen LogP contribution in [0.25, 0.3) is 0 Å². The lowest BCUT2D eigenvalue weighted by Gasteiger charge is -2.15. The summed E-state index contributed by atoms with van der Waals surface area (Å²) < 4.78 is 0.802. The second kappa shape index (κ2) is 6.17. The fraction of sp³-hybridized carbons (Fsp3) is 0.462. The number of amides is 1. The van der Waals surface area contributed by atoms with Crippen LogP contribution in [0.2, 0.25) is 0 Å². The summed E-state index contributed by atoms with van der Waals surface area (Å²) >= 11 is 3.39. The van der Waals surface area contributed by atoms with Crippen molar-refractivity contribution in [1.82, 2.24) is 5.32 Å². The SMILES string of the molecule is Cc1cccc(C(=O)NCC(O)C(C)C)c1Br. The van der Waals surface area contributed by atoms with Gasteiger partial charge in [-0.25, -0.2) is 0 Å². The van der Waals surface area contributed by atoms with Gasteiger partial charge in [0.2, 0.25) is 0 Å². The number of carbonyl (C=O) groups is 1. The largest absolute Gasteiger partial charge is 0.391 e. The molecule has 2 N–H and O–H groups in total. The van der Waals surface area contributed by atoms with E-state index in [4.69, 9.17) is 0 Å². The quantitative estimate of drug-likeness (QED) is 0.897. The van der Waals surface area contributed by atoms with Crippen LogP contribution in [0.5, 0.6) is 0 Å². The van der Waals surface area contributed by atoms with Gasteiger partial charge in [0.15, 0.2) is 0 Å².